The van der Waals surface area contributed by atoms with Gasteiger partial charge in [-0.15, -0.1) is 0 Å². The molecule has 1 aliphatic carbocycles. The Morgan fingerprint density at radius 3 is 2.33 bits per heavy atom. The first-order chi connectivity index (χ1) is 11.1. The van der Waals surface area contributed by atoms with Gasteiger partial charge in [-0.05, 0) is 45.4 Å². The highest BCUT2D eigenvalue weighted by Crippen LogP contribution is 2.27. The first-order valence-corrected chi connectivity index (χ1v) is 10.2. The molecule has 138 valence electrons. The van der Waals surface area contributed by atoms with Gasteiger partial charge in [0, 0.05) is 18.0 Å². The molecule has 0 radical (unpaired) electrons. The number of hydrogen-bond acceptors (Lipinski definition) is 6. The summed E-state index contributed by atoms with van der Waals surface area (Å²) in [5.41, 5.74) is -0.130. The summed E-state index contributed by atoms with van der Waals surface area (Å²) in [5, 5.41) is 6.94. The summed E-state index contributed by atoms with van der Waals surface area (Å²) in [7, 11) is -3.17. The summed E-state index contributed by atoms with van der Waals surface area (Å²) in [6.07, 6.45) is 3.92. The highest BCUT2D eigenvalue weighted by atomic mass is 32.2. The fraction of sp³-hybridized carbons (Fsp3) is 0.875. The van der Waals surface area contributed by atoms with Gasteiger partial charge in [-0.2, -0.15) is 4.98 Å². The van der Waals surface area contributed by atoms with Crippen molar-refractivity contribution in [2.24, 2.45) is 5.92 Å². The van der Waals surface area contributed by atoms with Crippen LogP contribution in [0.2, 0.25) is 0 Å². The van der Waals surface area contributed by atoms with Gasteiger partial charge in [0.15, 0.2) is 5.82 Å². The van der Waals surface area contributed by atoms with Crippen molar-refractivity contribution in [3.05, 3.63) is 5.82 Å². The Hall–Kier alpha value is -1.15. The van der Waals surface area contributed by atoms with E-state index in [1.807, 2.05) is 20.8 Å². The maximum absolute atomic E-state index is 11.8. The minimum absolute atomic E-state index is 0.130. The Kier molecular flexibility index (Phi) is 5.91. The van der Waals surface area contributed by atoms with Crippen molar-refractivity contribution in [3.8, 4) is 0 Å². The molecule has 0 bridgehead atoms. The van der Waals surface area contributed by atoms with Crippen LogP contribution in [0.5, 0.6) is 0 Å². The quantitative estimate of drug-likeness (QED) is 0.811. The number of nitrogens with zero attached hydrogens (tertiary/aromatic N) is 2. The molecule has 1 aromatic heterocycles. The van der Waals surface area contributed by atoms with Gasteiger partial charge in [-0.1, -0.05) is 25.9 Å². The normalized spacial score (nSPS) is 22.8. The first-order valence-electron chi connectivity index (χ1n) is 8.67. The molecule has 1 heterocycles. The molecule has 2 rings (SSSR count). The number of rotatable bonds is 6. The van der Waals surface area contributed by atoms with Crippen molar-refractivity contribution in [1.29, 1.82) is 0 Å². The van der Waals surface area contributed by atoms with Gasteiger partial charge in [0.25, 0.3) is 0 Å². The lowest BCUT2D eigenvalue weighted by Gasteiger charge is -2.28. The van der Waals surface area contributed by atoms with E-state index >= 15 is 0 Å². The first kappa shape index (κ1) is 19.2. The Balaban J connectivity index is 1.78. The zero-order valence-electron chi connectivity index (χ0n) is 15.3. The third-order valence-corrected chi connectivity index (χ3v) is 6.28. The van der Waals surface area contributed by atoms with E-state index in [2.05, 4.69) is 20.2 Å². The summed E-state index contributed by atoms with van der Waals surface area (Å²) in [6.45, 7) is 10.1. The van der Waals surface area contributed by atoms with Crippen LogP contribution in [0.3, 0.4) is 0 Å². The van der Waals surface area contributed by atoms with Crippen molar-refractivity contribution >= 4 is 16.0 Å². The standard InChI is InChI=1S/C16H30N4O3S/c1-11(2)24(21,22)17-10-12-6-8-13(9-7-12)18-15-19-14(20-23-15)16(3,4)5/h11-13,17H,6-10H2,1-5H3,(H,18,19,20). The van der Waals surface area contributed by atoms with E-state index in [-0.39, 0.29) is 10.7 Å². The highest BCUT2D eigenvalue weighted by molar-refractivity contribution is 7.90. The van der Waals surface area contributed by atoms with E-state index < -0.39 is 10.0 Å². The van der Waals surface area contributed by atoms with Gasteiger partial charge in [0.1, 0.15) is 0 Å². The largest absolute Gasteiger partial charge is 0.335 e. The summed E-state index contributed by atoms with van der Waals surface area (Å²) >= 11 is 0. The molecule has 24 heavy (non-hydrogen) atoms. The fourth-order valence-corrected chi connectivity index (χ4v) is 3.47. The monoisotopic (exact) mass is 358 g/mol. The molecule has 2 N–H and O–H groups in total. The molecule has 0 aliphatic heterocycles. The second-order valence-corrected chi connectivity index (χ2v) is 10.3. The average Bonchev–Trinajstić information content (AvgIpc) is 2.95. The summed E-state index contributed by atoms with van der Waals surface area (Å²) in [4.78, 5) is 4.40. The smallest absolute Gasteiger partial charge is 0.321 e. The predicted octanol–water partition coefficient (Wildman–Crippen LogP) is 2.67. The van der Waals surface area contributed by atoms with E-state index in [1.54, 1.807) is 13.8 Å². The van der Waals surface area contributed by atoms with Crippen LogP contribution in [0, 0.1) is 5.92 Å². The lowest BCUT2D eigenvalue weighted by Crippen LogP contribution is -2.37. The van der Waals surface area contributed by atoms with Crippen LogP contribution in [0.4, 0.5) is 6.01 Å². The molecule has 1 saturated carbocycles. The minimum Gasteiger partial charge on any atom is -0.335 e. The Bertz CT molecular complexity index is 626. The number of nitrogens with one attached hydrogen (secondary N) is 2. The molecule has 0 aromatic carbocycles. The van der Waals surface area contributed by atoms with Crippen LogP contribution in [0.15, 0.2) is 4.52 Å². The van der Waals surface area contributed by atoms with Crippen LogP contribution in [0.25, 0.3) is 0 Å². The summed E-state index contributed by atoms with van der Waals surface area (Å²) < 4.78 is 31.6. The molecule has 7 nitrogen and oxygen atoms in total. The maximum atomic E-state index is 11.8. The van der Waals surface area contributed by atoms with Crippen LogP contribution in [-0.4, -0.2) is 36.4 Å². The summed E-state index contributed by atoms with van der Waals surface area (Å²) in [6, 6.07) is 0.778. The summed E-state index contributed by atoms with van der Waals surface area (Å²) in [5.74, 6) is 1.09. The Labute approximate surface area is 145 Å². The van der Waals surface area contributed by atoms with Crippen LogP contribution in [0.1, 0.15) is 66.1 Å². The molecule has 1 fully saturated rings. The Morgan fingerprint density at radius 2 is 1.83 bits per heavy atom. The molecule has 0 atom stereocenters. The SMILES string of the molecule is CC(C)S(=O)(=O)NCC1CCC(Nc2nc(C(C)(C)C)no2)CC1. The molecule has 0 spiro atoms. The van der Waals surface area contributed by atoms with Gasteiger partial charge in [-0.3, -0.25) is 0 Å². The molecular formula is C16H30N4O3S. The van der Waals surface area contributed by atoms with Crippen LogP contribution >= 0.6 is 0 Å². The number of anilines is 1. The molecule has 8 heteroatoms. The highest BCUT2D eigenvalue weighted by Gasteiger charge is 2.26. The van der Waals surface area contributed by atoms with Gasteiger partial charge in [0.2, 0.25) is 10.0 Å². The van der Waals surface area contributed by atoms with Gasteiger partial charge < -0.3 is 9.84 Å². The second kappa shape index (κ2) is 7.39. The fourth-order valence-electron chi connectivity index (χ4n) is 2.67. The molecule has 0 unspecified atom stereocenters. The van der Waals surface area contributed by atoms with Crippen LogP contribution in [-0.2, 0) is 15.4 Å². The van der Waals surface area contributed by atoms with E-state index in [1.165, 1.54) is 0 Å². The number of hydrogen-bond donors (Lipinski definition) is 2. The van der Waals surface area contributed by atoms with Gasteiger partial charge in [-0.25, -0.2) is 13.1 Å². The van der Waals surface area contributed by atoms with E-state index in [0.29, 0.717) is 30.3 Å². The number of sulfonamides is 1. The van der Waals surface area contributed by atoms with E-state index in [0.717, 1.165) is 25.7 Å². The second-order valence-electron chi connectivity index (χ2n) is 7.98. The topological polar surface area (TPSA) is 97.1 Å². The van der Waals surface area contributed by atoms with Crippen molar-refractivity contribution in [2.75, 3.05) is 11.9 Å². The number of aromatic nitrogens is 2. The van der Waals surface area contributed by atoms with Crippen molar-refractivity contribution < 1.29 is 12.9 Å². The van der Waals surface area contributed by atoms with Crippen molar-refractivity contribution in [3.63, 3.8) is 0 Å². The molecular weight excluding hydrogens is 328 g/mol. The van der Waals surface area contributed by atoms with Gasteiger partial charge >= 0.3 is 6.01 Å². The molecule has 0 saturated heterocycles. The lowest BCUT2D eigenvalue weighted by atomic mass is 9.86. The predicted molar refractivity (Wildman–Crippen MR) is 94.4 cm³/mol. The average molecular weight is 359 g/mol. The third-order valence-electron chi connectivity index (χ3n) is 4.46. The van der Waals surface area contributed by atoms with E-state index in [9.17, 15) is 8.42 Å². The third kappa shape index (κ3) is 5.17. The minimum atomic E-state index is -3.17. The molecule has 1 aliphatic rings. The van der Waals surface area contributed by atoms with Crippen molar-refractivity contribution in [1.82, 2.24) is 14.9 Å². The van der Waals surface area contributed by atoms with Crippen molar-refractivity contribution in [2.45, 2.75) is 77.0 Å². The maximum Gasteiger partial charge on any atom is 0.321 e. The van der Waals surface area contributed by atoms with Crippen LogP contribution < -0.4 is 10.0 Å². The Morgan fingerprint density at radius 1 is 1.21 bits per heavy atom. The lowest BCUT2D eigenvalue weighted by molar-refractivity contribution is 0.329. The zero-order chi connectivity index (χ0) is 18.0. The zero-order valence-corrected chi connectivity index (χ0v) is 16.1. The molecule has 0 amide bonds. The molecule has 1 aromatic rings. The van der Waals surface area contributed by atoms with Gasteiger partial charge in [0.05, 0.1) is 5.25 Å². The van der Waals surface area contributed by atoms with E-state index in [4.69, 9.17) is 4.52 Å².